The smallest absolute Gasteiger partial charge is 0.306 e. The van der Waals surface area contributed by atoms with E-state index < -0.39 is 0 Å². The molecule has 3 aromatic heterocycles. The monoisotopic (exact) mass is 540 g/mol. The molecule has 1 atom stereocenters. The Morgan fingerprint density at radius 1 is 1.18 bits per heavy atom. The predicted molar refractivity (Wildman–Crippen MR) is 150 cm³/mol. The van der Waals surface area contributed by atoms with Gasteiger partial charge in [-0.2, -0.15) is 10.1 Å². The maximum Gasteiger partial charge on any atom is 0.306 e. The molecular formula is C28H40N6O3S. The molecule has 1 saturated carbocycles. The first kappa shape index (κ1) is 26.9. The van der Waals surface area contributed by atoms with Gasteiger partial charge in [-0.3, -0.25) is 9.48 Å². The van der Waals surface area contributed by atoms with Crippen molar-refractivity contribution in [2.45, 2.75) is 90.2 Å². The highest BCUT2D eigenvalue weighted by Crippen LogP contribution is 2.48. The maximum atomic E-state index is 12.4. The van der Waals surface area contributed by atoms with Crippen LogP contribution in [-0.2, 0) is 23.0 Å². The number of thiophene rings is 1. The summed E-state index contributed by atoms with van der Waals surface area (Å²) in [5.74, 6) is 1.12. The number of rotatable bonds is 11. The molecule has 3 heterocycles. The van der Waals surface area contributed by atoms with Gasteiger partial charge in [0.1, 0.15) is 10.9 Å². The summed E-state index contributed by atoms with van der Waals surface area (Å²) in [5, 5.41) is 8.53. The molecular weight excluding hydrogens is 500 g/mol. The molecule has 0 bridgehead atoms. The first-order valence-corrected chi connectivity index (χ1v) is 15.0. The SMILES string of the molecule is CCCN(CC)C1CCC(Oc2nc(Nc3cnn(C)c3)nc3sc4c(c23)C(CC(=O)OCC)CC4)CC1. The van der Waals surface area contributed by atoms with E-state index in [9.17, 15) is 4.79 Å². The Hall–Kier alpha value is -2.72. The summed E-state index contributed by atoms with van der Waals surface area (Å²) in [6.45, 7) is 9.03. The number of carbonyl (C=O) groups is 1. The quantitative estimate of drug-likeness (QED) is 0.315. The van der Waals surface area contributed by atoms with Gasteiger partial charge in [-0.25, -0.2) is 4.98 Å². The van der Waals surface area contributed by atoms with Gasteiger partial charge < -0.3 is 19.7 Å². The third-order valence-electron chi connectivity index (χ3n) is 7.80. The first-order valence-electron chi connectivity index (χ1n) is 14.1. The van der Waals surface area contributed by atoms with Gasteiger partial charge in [-0.05, 0) is 76.4 Å². The fourth-order valence-corrected chi connectivity index (χ4v) is 7.32. The molecule has 0 spiro atoms. The van der Waals surface area contributed by atoms with E-state index in [-0.39, 0.29) is 18.0 Å². The highest BCUT2D eigenvalue weighted by Gasteiger charge is 2.34. The summed E-state index contributed by atoms with van der Waals surface area (Å²) in [6.07, 6.45) is 11.5. The molecule has 0 radical (unpaired) electrons. The fourth-order valence-electron chi connectivity index (χ4n) is 6.06. The van der Waals surface area contributed by atoms with Gasteiger partial charge in [-0.1, -0.05) is 13.8 Å². The summed E-state index contributed by atoms with van der Waals surface area (Å²) < 4.78 is 13.7. The molecule has 1 unspecified atom stereocenters. The van der Waals surface area contributed by atoms with Crippen LogP contribution in [0, 0.1) is 0 Å². The van der Waals surface area contributed by atoms with Crippen LogP contribution in [0.15, 0.2) is 12.4 Å². The standard InChI is InChI=1S/C28H40N6O3S/c1-5-14-34(6-2)20-9-11-21(12-10-20)37-26-25-24-18(15-23(35)36-7-3)8-13-22(24)38-27(25)32-28(31-26)30-19-16-29-33(4)17-19/h16-18,20-21H,5-15H2,1-4H3,(H,30,31,32). The van der Waals surface area contributed by atoms with Gasteiger partial charge in [-0.15, -0.1) is 11.3 Å². The van der Waals surface area contributed by atoms with E-state index in [1.165, 1.54) is 16.9 Å². The molecule has 2 aliphatic carbocycles. The lowest BCUT2D eigenvalue weighted by Gasteiger charge is -2.36. The zero-order valence-corrected chi connectivity index (χ0v) is 23.9. The number of carbonyl (C=O) groups excluding carboxylic acids is 1. The molecule has 38 heavy (non-hydrogen) atoms. The van der Waals surface area contributed by atoms with Crippen molar-refractivity contribution >= 4 is 39.2 Å². The first-order chi connectivity index (χ1) is 18.5. The van der Waals surface area contributed by atoms with Crippen molar-refractivity contribution in [3.63, 3.8) is 0 Å². The summed E-state index contributed by atoms with van der Waals surface area (Å²) in [4.78, 5) is 27.0. The van der Waals surface area contributed by atoms with Crippen LogP contribution in [0.2, 0.25) is 0 Å². The number of ether oxygens (including phenoxy) is 2. The fraction of sp³-hybridized carbons (Fsp3) is 0.643. The number of nitrogens with one attached hydrogen (secondary N) is 1. The number of aryl methyl sites for hydroxylation is 2. The normalized spacial score (nSPS) is 21.1. The molecule has 1 N–H and O–H groups in total. The third kappa shape index (κ3) is 5.81. The van der Waals surface area contributed by atoms with Crippen LogP contribution < -0.4 is 10.1 Å². The van der Waals surface area contributed by atoms with Gasteiger partial charge in [0.25, 0.3) is 0 Å². The van der Waals surface area contributed by atoms with Crippen molar-refractivity contribution in [2.24, 2.45) is 7.05 Å². The predicted octanol–water partition coefficient (Wildman–Crippen LogP) is 5.57. The number of anilines is 2. The van der Waals surface area contributed by atoms with Gasteiger partial charge in [0, 0.05) is 24.2 Å². The van der Waals surface area contributed by atoms with E-state index in [0.717, 1.165) is 67.5 Å². The van der Waals surface area contributed by atoms with E-state index in [0.29, 0.717) is 30.9 Å². The molecule has 3 aromatic rings. The van der Waals surface area contributed by atoms with Gasteiger partial charge >= 0.3 is 5.97 Å². The van der Waals surface area contributed by atoms with Crippen LogP contribution >= 0.6 is 11.3 Å². The van der Waals surface area contributed by atoms with E-state index in [4.69, 9.17) is 19.4 Å². The molecule has 0 amide bonds. The number of aromatic nitrogens is 4. The van der Waals surface area contributed by atoms with Crippen LogP contribution in [0.4, 0.5) is 11.6 Å². The van der Waals surface area contributed by atoms with Crippen LogP contribution in [0.25, 0.3) is 10.2 Å². The second kappa shape index (κ2) is 12.0. The Kier molecular flexibility index (Phi) is 8.48. The highest BCUT2D eigenvalue weighted by atomic mass is 32.1. The Morgan fingerprint density at radius 2 is 2.00 bits per heavy atom. The molecule has 0 saturated heterocycles. The molecule has 2 aliphatic rings. The van der Waals surface area contributed by atoms with Gasteiger partial charge in [0.05, 0.1) is 30.3 Å². The van der Waals surface area contributed by atoms with E-state index in [2.05, 4.69) is 29.2 Å². The summed E-state index contributed by atoms with van der Waals surface area (Å²) in [5.41, 5.74) is 2.02. The Morgan fingerprint density at radius 3 is 2.68 bits per heavy atom. The highest BCUT2D eigenvalue weighted by molar-refractivity contribution is 7.19. The van der Waals surface area contributed by atoms with E-state index in [1.807, 2.05) is 20.2 Å². The second-order valence-corrected chi connectivity index (χ2v) is 11.5. The molecule has 206 valence electrons. The number of fused-ring (bicyclic) bond motifs is 3. The van der Waals surface area contributed by atoms with Crippen molar-refractivity contribution in [3.05, 3.63) is 22.8 Å². The largest absolute Gasteiger partial charge is 0.474 e. The number of nitrogens with zero attached hydrogens (tertiary/aromatic N) is 5. The minimum Gasteiger partial charge on any atom is -0.474 e. The summed E-state index contributed by atoms with van der Waals surface area (Å²) >= 11 is 1.70. The molecule has 1 fully saturated rings. The number of esters is 1. The van der Waals surface area contributed by atoms with Crippen molar-refractivity contribution < 1.29 is 14.3 Å². The summed E-state index contributed by atoms with van der Waals surface area (Å²) in [7, 11) is 1.88. The molecule has 0 aliphatic heterocycles. The third-order valence-corrected chi connectivity index (χ3v) is 8.95. The van der Waals surface area contributed by atoms with E-state index >= 15 is 0 Å². The molecule has 9 nitrogen and oxygen atoms in total. The second-order valence-electron chi connectivity index (χ2n) is 10.4. The topological polar surface area (TPSA) is 94.4 Å². The molecule has 0 aromatic carbocycles. The van der Waals surface area contributed by atoms with Crippen LogP contribution in [0.1, 0.15) is 82.1 Å². The van der Waals surface area contributed by atoms with Crippen molar-refractivity contribution in [2.75, 3.05) is 25.0 Å². The van der Waals surface area contributed by atoms with Crippen molar-refractivity contribution in [3.8, 4) is 5.88 Å². The maximum absolute atomic E-state index is 12.4. The molecule has 10 heteroatoms. The van der Waals surface area contributed by atoms with E-state index in [1.54, 1.807) is 22.2 Å². The lowest BCUT2D eigenvalue weighted by Crippen LogP contribution is -2.40. The average molecular weight is 541 g/mol. The van der Waals surface area contributed by atoms with Gasteiger partial charge in [0.2, 0.25) is 11.8 Å². The van der Waals surface area contributed by atoms with Crippen molar-refractivity contribution in [1.29, 1.82) is 0 Å². The minimum absolute atomic E-state index is 0.115. The summed E-state index contributed by atoms with van der Waals surface area (Å²) in [6, 6.07) is 0.632. The number of hydrogen-bond acceptors (Lipinski definition) is 9. The minimum atomic E-state index is -0.145. The lowest BCUT2D eigenvalue weighted by atomic mass is 9.91. The Bertz CT molecular complexity index is 1250. The van der Waals surface area contributed by atoms with Crippen molar-refractivity contribution in [1.82, 2.24) is 24.6 Å². The number of hydrogen-bond donors (Lipinski definition) is 1. The lowest BCUT2D eigenvalue weighted by molar-refractivity contribution is -0.143. The Labute approximate surface area is 228 Å². The van der Waals surface area contributed by atoms with Crippen LogP contribution in [-0.4, -0.2) is 62.5 Å². The van der Waals surface area contributed by atoms with Crippen LogP contribution in [0.3, 0.4) is 0 Å². The Balaban J connectivity index is 1.43. The zero-order chi connectivity index (χ0) is 26.6. The van der Waals surface area contributed by atoms with Gasteiger partial charge in [0.15, 0.2) is 0 Å². The van der Waals surface area contributed by atoms with Crippen LogP contribution in [0.5, 0.6) is 5.88 Å². The average Bonchev–Trinajstić information content (AvgIpc) is 3.59. The zero-order valence-electron chi connectivity index (χ0n) is 23.0. The molecule has 5 rings (SSSR count).